The average molecular weight is 245 g/mol. The Labute approximate surface area is 105 Å². The van der Waals surface area contributed by atoms with Crippen LogP contribution in [0.3, 0.4) is 0 Å². The SMILES string of the molecule is CCOc1cc(C(=O)O)nc2c(CC)cccc12. The van der Waals surface area contributed by atoms with Crippen molar-refractivity contribution in [3.8, 4) is 5.75 Å². The van der Waals surface area contributed by atoms with Crippen LogP contribution < -0.4 is 4.74 Å². The van der Waals surface area contributed by atoms with E-state index in [-0.39, 0.29) is 5.69 Å². The number of benzene rings is 1. The van der Waals surface area contributed by atoms with Crippen LogP contribution in [0.2, 0.25) is 0 Å². The van der Waals surface area contributed by atoms with Gasteiger partial charge in [-0.25, -0.2) is 9.78 Å². The van der Waals surface area contributed by atoms with E-state index in [0.717, 1.165) is 17.4 Å². The molecule has 1 heterocycles. The number of ether oxygens (including phenoxy) is 1. The standard InChI is InChI=1S/C14H15NO3/c1-3-9-6-5-7-10-12(18-4-2)8-11(14(16)17)15-13(9)10/h5-8H,3-4H2,1-2H3,(H,16,17). The van der Waals surface area contributed by atoms with Crippen molar-refractivity contribution in [3.05, 3.63) is 35.5 Å². The number of para-hydroxylation sites is 1. The molecule has 0 saturated carbocycles. The lowest BCUT2D eigenvalue weighted by Crippen LogP contribution is -2.04. The van der Waals surface area contributed by atoms with Crippen molar-refractivity contribution < 1.29 is 14.6 Å². The molecular formula is C14H15NO3. The lowest BCUT2D eigenvalue weighted by Gasteiger charge is -2.10. The van der Waals surface area contributed by atoms with E-state index in [2.05, 4.69) is 4.98 Å². The van der Waals surface area contributed by atoms with E-state index in [1.54, 1.807) is 0 Å². The van der Waals surface area contributed by atoms with Crippen LogP contribution in [0, 0.1) is 0 Å². The summed E-state index contributed by atoms with van der Waals surface area (Å²) in [5.74, 6) is -0.459. The Bertz CT molecular complexity index is 593. The molecule has 0 radical (unpaired) electrons. The topological polar surface area (TPSA) is 59.4 Å². The third kappa shape index (κ3) is 2.14. The Hall–Kier alpha value is -2.10. The first-order valence-corrected chi connectivity index (χ1v) is 5.96. The second kappa shape index (κ2) is 5.04. The quantitative estimate of drug-likeness (QED) is 0.899. The molecular weight excluding hydrogens is 230 g/mol. The molecule has 0 spiro atoms. The van der Waals surface area contributed by atoms with E-state index in [1.165, 1.54) is 6.07 Å². The maximum atomic E-state index is 11.1. The van der Waals surface area contributed by atoms with Crippen molar-refractivity contribution in [2.45, 2.75) is 20.3 Å². The zero-order chi connectivity index (χ0) is 13.1. The number of aromatic carboxylic acids is 1. The minimum atomic E-state index is -1.04. The molecule has 2 aromatic rings. The molecule has 1 aromatic carbocycles. The van der Waals surface area contributed by atoms with Crippen LogP contribution in [0.25, 0.3) is 10.9 Å². The Balaban J connectivity index is 2.76. The predicted octanol–water partition coefficient (Wildman–Crippen LogP) is 2.89. The van der Waals surface area contributed by atoms with Crippen molar-refractivity contribution in [2.24, 2.45) is 0 Å². The van der Waals surface area contributed by atoms with Gasteiger partial charge in [-0.05, 0) is 25.0 Å². The number of pyridine rings is 1. The van der Waals surface area contributed by atoms with E-state index in [1.807, 2.05) is 32.0 Å². The van der Waals surface area contributed by atoms with Crippen molar-refractivity contribution in [1.82, 2.24) is 4.98 Å². The minimum absolute atomic E-state index is 0.0202. The largest absolute Gasteiger partial charge is 0.493 e. The fraction of sp³-hybridized carbons (Fsp3) is 0.286. The molecule has 4 heteroatoms. The summed E-state index contributed by atoms with van der Waals surface area (Å²) in [4.78, 5) is 15.3. The first kappa shape index (κ1) is 12.4. The molecule has 0 aliphatic carbocycles. The Kier molecular flexibility index (Phi) is 3.46. The van der Waals surface area contributed by atoms with Gasteiger partial charge in [0.05, 0.1) is 12.1 Å². The number of fused-ring (bicyclic) bond motifs is 1. The molecule has 0 fully saturated rings. The van der Waals surface area contributed by atoms with Crippen molar-refractivity contribution in [2.75, 3.05) is 6.61 Å². The summed E-state index contributed by atoms with van der Waals surface area (Å²) in [6.45, 7) is 4.38. The molecule has 18 heavy (non-hydrogen) atoms. The number of hydrogen-bond donors (Lipinski definition) is 1. The number of aromatic nitrogens is 1. The summed E-state index contributed by atoms with van der Waals surface area (Å²) in [5, 5.41) is 9.94. The number of carboxylic acid groups (broad SMARTS) is 1. The van der Waals surface area contributed by atoms with Crippen molar-refractivity contribution in [3.63, 3.8) is 0 Å². The van der Waals surface area contributed by atoms with Crippen LogP contribution in [-0.2, 0) is 6.42 Å². The molecule has 0 saturated heterocycles. The van der Waals surface area contributed by atoms with Crippen LogP contribution in [-0.4, -0.2) is 22.7 Å². The summed E-state index contributed by atoms with van der Waals surface area (Å²) < 4.78 is 5.51. The number of carboxylic acids is 1. The van der Waals surface area contributed by atoms with Gasteiger partial charge in [0.25, 0.3) is 0 Å². The molecule has 2 rings (SSSR count). The van der Waals surface area contributed by atoms with Gasteiger partial charge in [0, 0.05) is 11.5 Å². The second-order valence-electron chi connectivity index (χ2n) is 3.91. The first-order valence-electron chi connectivity index (χ1n) is 5.96. The molecule has 0 bridgehead atoms. The smallest absolute Gasteiger partial charge is 0.354 e. The third-order valence-corrected chi connectivity index (χ3v) is 2.78. The van der Waals surface area contributed by atoms with Crippen LogP contribution >= 0.6 is 0 Å². The fourth-order valence-electron chi connectivity index (χ4n) is 1.95. The third-order valence-electron chi connectivity index (χ3n) is 2.78. The van der Waals surface area contributed by atoms with Crippen molar-refractivity contribution >= 4 is 16.9 Å². The van der Waals surface area contributed by atoms with Crippen LogP contribution in [0.15, 0.2) is 24.3 Å². The number of aryl methyl sites for hydroxylation is 1. The molecule has 0 amide bonds. The molecule has 0 unspecified atom stereocenters. The first-order chi connectivity index (χ1) is 8.67. The summed E-state index contributed by atoms with van der Waals surface area (Å²) in [6.07, 6.45) is 0.805. The van der Waals surface area contributed by atoms with Crippen LogP contribution in [0.1, 0.15) is 29.9 Å². The molecule has 4 nitrogen and oxygen atoms in total. The van der Waals surface area contributed by atoms with Gasteiger partial charge < -0.3 is 9.84 Å². The molecule has 0 aliphatic rings. The maximum Gasteiger partial charge on any atom is 0.354 e. The van der Waals surface area contributed by atoms with Gasteiger partial charge in [0.15, 0.2) is 5.69 Å². The van der Waals surface area contributed by atoms with Crippen LogP contribution in [0.5, 0.6) is 5.75 Å². The lowest BCUT2D eigenvalue weighted by molar-refractivity contribution is 0.0690. The highest BCUT2D eigenvalue weighted by Gasteiger charge is 2.13. The van der Waals surface area contributed by atoms with Crippen molar-refractivity contribution in [1.29, 1.82) is 0 Å². The Morgan fingerprint density at radius 1 is 1.39 bits per heavy atom. The number of carbonyl (C=O) groups is 1. The highest BCUT2D eigenvalue weighted by molar-refractivity contribution is 5.94. The second-order valence-corrected chi connectivity index (χ2v) is 3.91. The number of rotatable bonds is 4. The lowest BCUT2D eigenvalue weighted by atomic mass is 10.1. The van der Waals surface area contributed by atoms with Gasteiger partial charge >= 0.3 is 5.97 Å². The predicted molar refractivity (Wildman–Crippen MR) is 69.2 cm³/mol. The molecule has 1 aromatic heterocycles. The van der Waals surface area contributed by atoms with E-state index in [0.29, 0.717) is 17.9 Å². The number of hydrogen-bond acceptors (Lipinski definition) is 3. The van der Waals surface area contributed by atoms with Gasteiger partial charge in [-0.2, -0.15) is 0 Å². The molecule has 94 valence electrons. The van der Waals surface area contributed by atoms with Crippen LogP contribution in [0.4, 0.5) is 0 Å². The van der Waals surface area contributed by atoms with Gasteiger partial charge in [0.1, 0.15) is 5.75 Å². The molecule has 1 N–H and O–H groups in total. The van der Waals surface area contributed by atoms with E-state index in [4.69, 9.17) is 9.84 Å². The Morgan fingerprint density at radius 3 is 2.78 bits per heavy atom. The fourth-order valence-corrected chi connectivity index (χ4v) is 1.95. The zero-order valence-corrected chi connectivity index (χ0v) is 10.4. The minimum Gasteiger partial charge on any atom is -0.493 e. The monoisotopic (exact) mass is 245 g/mol. The molecule has 0 aliphatic heterocycles. The maximum absolute atomic E-state index is 11.1. The molecule has 0 atom stereocenters. The van der Waals surface area contributed by atoms with E-state index >= 15 is 0 Å². The average Bonchev–Trinajstić information content (AvgIpc) is 2.38. The normalized spacial score (nSPS) is 10.6. The highest BCUT2D eigenvalue weighted by Crippen LogP contribution is 2.28. The van der Waals surface area contributed by atoms with Gasteiger partial charge in [0.2, 0.25) is 0 Å². The van der Waals surface area contributed by atoms with Gasteiger partial charge in [-0.3, -0.25) is 0 Å². The van der Waals surface area contributed by atoms with E-state index in [9.17, 15) is 4.79 Å². The van der Waals surface area contributed by atoms with Gasteiger partial charge in [-0.1, -0.05) is 19.1 Å². The van der Waals surface area contributed by atoms with E-state index < -0.39 is 5.97 Å². The number of nitrogens with zero attached hydrogens (tertiary/aromatic N) is 1. The highest BCUT2D eigenvalue weighted by atomic mass is 16.5. The summed E-state index contributed by atoms with van der Waals surface area (Å²) >= 11 is 0. The Morgan fingerprint density at radius 2 is 2.17 bits per heavy atom. The van der Waals surface area contributed by atoms with Gasteiger partial charge in [-0.15, -0.1) is 0 Å². The summed E-state index contributed by atoms with van der Waals surface area (Å²) in [5.41, 5.74) is 1.76. The summed E-state index contributed by atoms with van der Waals surface area (Å²) in [6, 6.07) is 7.27. The zero-order valence-electron chi connectivity index (χ0n) is 10.4. The summed E-state index contributed by atoms with van der Waals surface area (Å²) in [7, 11) is 0.